The SMILES string of the molecule is C=C[C@H](CC#N)c1c(O)nc[nH]c1=O. The smallest absolute Gasteiger partial charge is 0.258 e. The third-order valence-electron chi connectivity index (χ3n) is 1.83. The molecule has 2 N–H and O–H groups in total. The first kappa shape index (κ1) is 9.99. The van der Waals surface area contributed by atoms with Gasteiger partial charge in [0.15, 0.2) is 0 Å². The van der Waals surface area contributed by atoms with Crippen molar-refractivity contribution in [2.75, 3.05) is 0 Å². The monoisotopic (exact) mass is 191 g/mol. The number of hydrogen-bond donors (Lipinski definition) is 2. The number of nitriles is 1. The maximum Gasteiger partial charge on any atom is 0.258 e. The molecule has 5 heteroatoms. The predicted octanol–water partition coefficient (Wildman–Crippen LogP) is 0.659. The van der Waals surface area contributed by atoms with E-state index in [1.807, 2.05) is 6.07 Å². The molecule has 1 heterocycles. The Morgan fingerprint density at radius 1 is 1.86 bits per heavy atom. The Morgan fingerprint density at radius 2 is 2.57 bits per heavy atom. The molecule has 72 valence electrons. The van der Waals surface area contributed by atoms with Crippen molar-refractivity contribution in [2.24, 2.45) is 0 Å². The van der Waals surface area contributed by atoms with Gasteiger partial charge in [-0.25, -0.2) is 4.98 Å². The number of aromatic nitrogens is 2. The number of H-pyrrole nitrogens is 1. The number of nitrogens with zero attached hydrogens (tertiary/aromatic N) is 2. The zero-order valence-corrected chi connectivity index (χ0v) is 7.40. The first-order valence-electron chi connectivity index (χ1n) is 3.96. The second-order valence-corrected chi connectivity index (χ2v) is 2.67. The van der Waals surface area contributed by atoms with Crippen LogP contribution >= 0.6 is 0 Å². The molecule has 1 aromatic heterocycles. The summed E-state index contributed by atoms with van der Waals surface area (Å²) in [7, 11) is 0. The van der Waals surface area contributed by atoms with Gasteiger partial charge in [-0.2, -0.15) is 5.26 Å². The molecule has 0 fully saturated rings. The van der Waals surface area contributed by atoms with Crippen molar-refractivity contribution in [2.45, 2.75) is 12.3 Å². The molecule has 1 aromatic rings. The summed E-state index contributed by atoms with van der Waals surface area (Å²) in [6.07, 6.45) is 2.63. The minimum absolute atomic E-state index is 0.0871. The fraction of sp³-hybridized carbons (Fsp3) is 0.222. The third kappa shape index (κ3) is 1.80. The Hall–Kier alpha value is -2.09. The average Bonchev–Trinajstić information content (AvgIpc) is 2.16. The Kier molecular flexibility index (Phi) is 3.02. The zero-order valence-electron chi connectivity index (χ0n) is 7.40. The lowest BCUT2D eigenvalue weighted by molar-refractivity contribution is 0.440. The summed E-state index contributed by atoms with van der Waals surface area (Å²) in [4.78, 5) is 17.2. The predicted molar refractivity (Wildman–Crippen MR) is 49.7 cm³/mol. The Morgan fingerprint density at radius 3 is 3.07 bits per heavy atom. The van der Waals surface area contributed by atoms with Crippen LogP contribution in [0.5, 0.6) is 5.88 Å². The molecule has 0 amide bonds. The average molecular weight is 191 g/mol. The minimum Gasteiger partial charge on any atom is -0.493 e. The Bertz CT molecular complexity index is 430. The topological polar surface area (TPSA) is 89.8 Å². The van der Waals surface area contributed by atoms with Gasteiger partial charge < -0.3 is 10.1 Å². The molecule has 0 unspecified atom stereocenters. The van der Waals surface area contributed by atoms with E-state index < -0.39 is 11.5 Å². The second kappa shape index (κ2) is 4.23. The molecular formula is C9H9N3O2. The molecule has 14 heavy (non-hydrogen) atoms. The van der Waals surface area contributed by atoms with Crippen molar-refractivity contribution in [1.82, 2.24) is 9.97 Å². The largest absolute Gasteiger partial charge is 0.493 e. The first-order chi connectivity index (χ1) is 6.70. The molecule has 0 spiro atoms. The van der Waals surface area contributed by atoms with E-state index in [0.717, 1.165) is 6.33 Å². The minimum atomic E-state index is -0.488. The summed E-state index contributed by atoms with van der Waals surface area (Å²) in [5.74, 6) is -0.841. The molecule has 0 saturated heterocycles. The van der Waals surface area contributed by atoms with Gasteiger partial charge in [0.25, 0.3) is 5.56 Å². The van der Waals surface area contributed by atoms with Crippen LogP contribution in [0, 0.1) is 11.3 Å². The highest BCUT2D eigenvalue weighted by Crippen LogP contribution is 2.22. The molecule has 0 bridgehead atoms. The maximum absolute atomic E-state index is 11.3. The molecule has 1 rings (SSSR count). The van der Waals surface area contributed by atoms with Gasteiger partial charge in [-0.3, -0.25) is 4.79 Å². The van der Waals surface area contributed by atoms with Crippen molar-refractivity contribution in [3.8, 4) is 11.9 Å². The summed E-state index contributed by atoms with van der Waals surface area (Å²) >= 11 is 0. The maximum atomic E-state index is 11.3. The Labute approximate surface area is 80.4 Å². The van der Waals surface area contributed by atoms with Gasteiger partial charge in [0.05, 0.1) is 18.0 Å². The van der Waals surface area contributed by atoms with Crippen LogP contribution in [-0.2, 0) is 0 Å². The van der Waals surface area contributed by atoms with Crippen molar-refractivity contribution in [1.29, 1.82) is 5.26 Å². The van der Waals surface area contributed by atoms with Gasteiger partial charge >= 0.3 is 0 Å². The summed E-state index contributed by atoms with van der Waals surface area (Å²) in [6, 6.07) is 1.91. The Balaban J connectivity index is 3.23. The van der Waals surface area contributed by atoms with Gasteiger partial charge in [0.2, 0.25) is 5.88 Å². The van der Waals surface area contributed by atoms with Gasteiger partial charge in [-0.1, -0.05) is 6.08 Å². The van der Waals surface area contributed by atoms with E-state index in [4.69, 9.17) is 5.26 Å². The molecule has 0 aliphatic heterocycles. The van der Waals surface area contributed by atoms with Gasteiger partial charge in [-0.05, 0) is 0 Å². The van der Waals surface area contributed by atoms with Gasteiger partial charge in [-0.15, -0.1) is 6.58 Å². The van der Waals surface area contributed by atoms with Crippen molar-refractivity contribution in [3.63, 3.8) is 0 Å². The van der Waals surface area contributed by atoms with E-state index in [2.05, 4.69) is 16.5 Å². The van der Waals surface area contributed by atoms with Crippen molar-refractivity contribution < 1.29 is 5.11 Å². The third-order valence-corrected chi connectivity index (χ3v) is 1.83. The molecule has 0 aliphatic carbocycles. The number of hydrogen-bond acceptors (Lipinski definition) is 4. The number of aromatic hydroxyl groups is 1. The number of nitrogens with one attached hydrogen (secondary N) is 1. The highest BCUT2D eigenvalue weighted by molar-refractivity contribution is 5.29. The van der Waals surface area contributed by atoms with Crippen molar-refractivity contribution >= 4 is 0 Å². The van der Waals surface area contributed by atoms with Crippen LogP contribution in [0.25, 0.3) is 0 Å². The highest BCUT2D eigenvalue weighted by atomic mass is 16.3. The summed E-state index contributed by atoms with van der Waals surface area (Å²) in [5, 5.41) is 17.8. The van der Waals surface area contributed by atoms with E-state index in [9.17, 15) is 9.90 Å². The van der Waals surface area contributed by atoms with Gasteiger partial charge in [0.1, 0.15) is 0 Å². The molecule has 0 aromatic carbocycles. The molecule has 0 radical (unpaired) electrons. The quantitative estimate of drug-likeness (QED) is 0.686. The molecular weight excluding hydrogens is 182 g/mol. The summed E-state index contributed by atoms with van der Waals surface area (Å²) < 4.78 is 0. The second-order valence-electron chi connectivity index (χ2n) is 2.67. The highest BCUT2D eigenvalue weighted by Gasteiger charge is 2.16. The van der Waals surface area contributed by atoms with Crippen LogP contribution in [0.15, 0.2) is 23.8 Å². The van der Waals surface area contributed by atoms with Crippen LogP contribution in [0.4, 0.5) is 0 Å². The molecule has 0 aliphatic rings. The number of allylic oxidation sites excluding steroid dienone is 1. The van der Waals surface area contributed by atoms with E-state index in [1.165, 1.54) is 6.08 Å². The van der Waals surface area contributed by atoms with E-state index in [1.54, 1.807) is 0 Å². The van der Waals surface area contributed by atoms with Crippen LogP contribution in [0.3, 0.4) is 0 Å². The van der Waals surface area contributed by atoms with Crippen molar-refractivity contribution in [3.05, 3.63) is 34.9 Å². The standard InChI is InChI=1S/C9H9N3O2/c1-2-6(3-4-10)7-8(13)11-5-12-9(7)14/h2,5-6H,1,3H2,(H2,11,12,13,14)/t6-/m1/s1. The lowest BCUT2D eigenvalue weighted by Gasteiger charge is -2.07. The van der Waals surface area contributed by atoms with E-state index in [-0.39, 0.29) is 17.9 Å². The number of rotatable bonds is 3. The molecule has 5 nitrogen and oxygen atoms in total. The molecule has 0 saturated carbocycles. The van der Waals surface area contributed by atoms with Gasteiger partial charge in [0, 0.05) is 12.3 Å². The fourth-order valence-corrected chi connectivity index (χ4v) is 1.14. The summed E-state index contributed by atoms with van der Waals surface area (Å²) in [5.41, 5.74) is -0.360. The van der Waals surface area contributed by atoms with E-state index >= 15 is 0 Å². The summed E-state index contributed by atoms with van der Waals surface area (Å²) in [6.45, 7) is 3.50. The zero-order chi connectivity index (χ0) is 10.6. The van der Waals surface area contributed by atoms with Crippen LogP contribution in [-0.4, -0.2) is 15.1 Å². The molecule has 1 atom stereocenters. The van der Waals surface area contributed by atoms with Crippen LogP contribution in [0.2, 0.25) is 0 Å². The van der Waals surface area contributed by atoms with E-state index in [0.29, 0.717) is 0 Å². The lowest BCUT2D eigenvalue weighted by Crippen LogP contribution is -2.15. The number of aromatic amines is 1. The normalized spacial score (nSPS) is 11.6. The van der Waals surface area contributed by atoms with Crippen LogP contribution in [0.1, 0.15) is 17.9 Å². The fourth-order valence-electron chi connectivity index (χ4n) is 1.14. The lowest BCUT2D eigenvalue weighted by atomic mass is 9.99. The van der Waals surface area contributed by atoms with Crippen LogP contribution < -0.4 is 5.56 Å². The first-order valence-corrected chi connectivity index (χ1v) is 3.96.